The Morgan fingerprint density at radius 2 is 2.22 bits per heavy atom. The van der Waals surface area contributed by atoms with Crippen LogP contribution in [0.2, 0.25) is 0 Å². The largest absolute Gasteiger partial charge is 0.382 e. The third kappa shape index (κ3) is 2.68. The Morgan fingerprint density at radius 1 is 1.44 bits per heavy atom. The van der Waals surface area contributed by atoms with Crippen molar-refractivity contribution in [3.05, 3.63) is 47.2 Å². The summed E-state index contributed by atoms with van der Waals surface area (Å²) in [5.74, 6) is 0.197. The maximum absolute atomic E-state index is 12.0. The first-order valence-corrected chi connectivity index (χ1v) is 5.68. The van der Waals surface area contributed by atoms with Crippen LogP contribution in [-0.2, 0) is 6.54 Å². The molecule has 1 amide bonds. The number of aromatic amines is 1. The first-order valence-electron chi connectivity index (χ1n) is 5.68. The van der Waals surface area contributed by atoms with E-state index in [0.29, 0.717) is 18.1 Å². The maximum Gasteiger partial charge on any atom is 0.271 e. The third-order valence-electron chi connectivity index (χ3n) is 2.68. The first-order chi connectivity index (χ1) is 8.56. The average molecular weight is 244 g/mol. The van der Waals surface area contributed by atoms with Crippen molar-refractivity contribution in [2.45, 2.75) is 13.5 Å². The number of nitrogens with zero attached hydrogens (tertiary/aromatic N) is 2. The molecule has 0 spiro atoms. The number of H-pyrrole nitrogens is 1. The molecule has 0 atom stereocenters. The molecule has 3 N–H and O–H groups in total. The lowest BCUT2D eigenvalue weighted by Gasteiger charge is -2.16. The number of hydrogen-bond donors (Lipinski definition) is 2. The van der Waals surface area contributed by atoms with Crippen molar-refractivity contribution in [2.75, 3.05) is 12.8 Å². The number of aromatic nitrogens is 2. The number of carbonyl (C=O) groups excluding carboxylic acids is 1. The van der Waals surface area contributed by atoms with Crippen LogP contribution in [0.25, 0.3) is 0 Å². The van der Waals surface area contributed by atoms with Crippen molar-refractivity contribution in [3.63, 3.8) is 0 Å². The van der Waals surface area contributed by atoms with E-state index in [1.54, 1.807) is 11.9 Å². The van der Waals surface area contributed by atoms with Gasteiger partial charge in [0.15, 0.2) is 0 Å². The lowest BCUT2D eigenvalue weighted by atomic mass is 10.1. The molecule has 1 aromatic heterocycles. The van der Waals surface area contributed by atoms with E-state index < -0.39 is 0 Å². The van der Waals surface area contributed by atoms with Gasteiger partial charge >= 0.3 is 0 Å². The first kappa shape index (κ1) is 12.2. The van der Waals surface area contributed by atoms with Gasteiger partial charge in [0.2, 0.25) is 0 Å². The number of benzene rings is 1. The second kappa shape index (κ2) is 4.91. The minimum Gasteiger partial charge on any atom is -0.382 e. The summed E-state index contributed by atoms with van der Waals surface area (Å²) in [6.45, 7) is 2.58. The number of anilines is 1. The van der Waals surface area contributed by atoms with E-state index in [-0.39, 0.29) is 5.91 Å². The summed E-state index contributed by atoms with van der Waals surface area (Å²) in [5, 5.41) is 6.36. The van der Waals surface area contributed by atoms with Crippen molar-refractivity contribution < 1.29 is 4.79 Å². The topological polar surface area (TPSA) is 75.0 Å². The van der Waals surface area contributed by atoms with Gasteiger partial charge in [-0.2, -0.15) is 5.10 Å². The summed E-state index contributed by atoms with van der Waals surface area (Å²) in [4.78, 5) is 13.7. The highest BCUT2D eigenvalue weighted by molar-refractivity contribution is 5.92. The zero-order valence-corrected chi connectivity index (χ0v) is 10.5. The number of hydrogen-bond acceptors (Lipinski definition) is 3. The summed E-state index contributed by atoms with van der Waals surface area (Å²) >= 11 is 0. The molecule has 18 heavy (non-hydrogen) atoms. The number of nitrogens with one attached hydrogen (secondary N) is 1. The Labute approximate surface area is 106 Å². The molecular weight excluding hydrogens is 228 g/mol. The molecule has 0 saturated heterocycles. The second-order valence-electron chi connectivity index (χ2n) is 4.36. The van der Waals surface area contributed by atoms with E-state index in [9.17, 15) is 4.79 Å². The molecule has 0 bridgehead atoms. The SMILES string of the molecule is Cc1cccc(CN(C)C(=O)c2cc(N)n[nH]2)c1. The molecule has 1 heterocycles. The van der Waals surface area contributed by atoms with Crippen molar-refractivity contribution in [1.82, 2.24) is 15.1 Å². The molecule has 2 aromatic rings. The van der Waals surface area contributed by atoms with Gasteiger partial charge in [-0.1, -0.05) is 29.8 Å². The van der Waals surface area contributed by atoms with Crippen LogP contribution in [0.15, 0.2) is 30.3 Å². The van der Waals surface area contributed by atoms with E-state index >= 15 is 0 Å². The molecule has 5 nitrogen and oxygen atoms in total. The van der Waals surface area contributed by atoms with Gasteiger partial charge in [-0.3, -0.25) is 9.89 Å². The van der Waals surface area contributed by atoms with E-state index in [1.165, 1.54) is 11.6 Å². The van der Waals surface area contributed by atoms with Gasteiger partial charge in [0.1, 0.15) is 11.5 Å². The molecule has 0 unspecified atom stereocenters. The fourth-order valence-electron chi connectivity index (χ4n) is 1.81. The van der Waals surface area contributed by atoms with Crippen molar-refractivity contribution in [1.29, 1.82) is 0 Å². The molecule has 1 aromatic carbocycles. The Kier molecular flexibility index (Phi) is 3.32. The molecule has 0 fully saturated rings. The Morgan fingerprint density at radius 3 is 2.83 bits per heavy atom. The number of aryl methyl sites for hydroxylation is 1. The van der Waals surface area contributed by atoms with E-state index in [0.717, 1.165) is 5.56 Å². The highest BCUT2D eigenvalue weighted by Gasteiger charge is 2.14. The molecule has 2 rings (SSSR count). The van der Waals surface area contributed by atoms with Crippen molar-refractivity contribution in [3.8, 4) is 0 Å². The molecule has 0 saturated carbocycles. The minimum absolute atomic E-state index is 0.124. The Balaban J connectivity index is 2.08. The number of nitrogen functional groups attached to an aromatic ring is 1. The van der Waals surface area contributed by atoms with Gasteiger partial charge in [-0.05, 0) is 12.5 Å². The zero-order valence-electron chi connectivity index (χ0n) is 10.5. The third-order valence-corrected chi connectivity index (χ3v) is 2.68. The number of rotatable bonds is 3. The summed E-state index contributed by atoms with van der Waals surface area (Å²) in [6.07, 6.45) is 0. The number of amides is 1. The van der Waals surface area contributed by atoms with Crippen LogP contribution in [0.4, 0.5) is 5.82 Å². The normalized spacial score (nSPS) is 10.3. The maximum atomic E-state index is 12.0. The zero-order chi connectivity index (χ0) is 13.1. The Hall–Kier alpha value is -2.30. The van der Waals surface area contributed by atoms with Gasteiger partial charge in [0, 0.05) is 19.7 Å². The van der Waals surface area contributed by atoms with Crippen LogP contribution >= 0.6 is 0 Å². The van der Waals surface area contributed by atoms with Gasteiger partial charge in [-0.15, -0.1) is 0 Å². The summed E-state index contributed by atoms with van der Waals surface area (Å²) < 4.78 is 0. The van der Waals surface area contributed by atoms with Crippen molar-refractivity contribution in [2.24, 2.45) is 0 Å². The molecule has 5 heteroatoms. The second-order valence-corrected chi connectivity index (χ2v) is 4.36. The van der Waals surface area contributed by atoms with E-state index in [2.05, 4.69) is 16.3 Å². The lowest BCUT2D eigenvalue weighted by molar-refractivity contribution is 0.0779. The molecule has 0 aliphatic rings. The molecule has 0 aliphatic carbocycles. The van der Waals surface area contributed by atoms with Gasteiger partial charge < -0.3 is 10.6 Å². The summed E-state index contributed by atoms with van der Waals surface area (Å²) in [6, 6.07) is 9.61. The van der Waals surface area contributed by atoms with Gasteiger partial charge in [0.25, 0.3) is 5.91 Å². The van der Waals surface area contributed by atoms with Gasteiger partial charge in [-0.25, -0.2) is 0 Å². The number of nitrogens with two attached hydrogens (primary N) is 1. The highest BCUT2D eigenvalue weighted by atomic mass is 16.2. The van der Waals surface area contributed by atoms with E-state index in [1.807, 2.05) is 25.1 Å². The molecular formula is C13H16N4O. The Bertz CT molecular complexity index is 562. The summed E-state index contributed by atoms with van der Waals surface area (Å²) in [7, 11) is 1.75. The predicted octanol–water partition coefficient (Wildman–Crippen LogP) is 1.57. The fourth-order valence-corrected chi connectivity index (χ4v) is 1.81. The van der Waals surface area contributed by atoms with E-state index in [4.69, 9.17) is 5.73 Å². The quantitative estimate of drug-likeness (QED) is 0.860. The molecule has 94 valence electrons. The monoisotopic (exact) mass is 244 g/mol. The van der Waals surface area contributed by atoms with Crippen molar-refractivity contribution >= 4 is 11.7 Å². The average Bonchev–Trinajstić information content (AvgIpc) is 2.75. The highest BCUT2D eigenvalue weighted by Crippen LogP contribution is 2.10. The van der Waals surface area contributed by atoms with Crippen LogP contribution in [-0.4, -0.2) is 28.1 Å². The van der Waals surface area contributed by atoms with Gasteiger partial charge in [0.05, 0.1) is 0 Å². The van der Waals surface area contributed by atoms with Crippen LogP contribution in [0.5, 0.6) is 0 Å². The molecule has 0 aliphatic heterocycles. The van der Waals surface area contributed by atoms with Crippen LogP contribution in [0, 0.1) is 6.92 Å². The smallest absolute Gasteiger partial charge is 0.271 e. The van der Waals surface area contributed by atoms with Crippen LogP contribution in [0.1, 0.15) is 21.6 Å². The van der Waals surface area contributed by atoms with Crippen LogP contribution in [0.3, 0.4) is 0 Å². The predicted molar refractivity (Wildman–Crippen MR) is 70.0 cm³/mol. The molecule has 0 radical (unpaired) electrons. The fraction of sp³-hybridized carbons (Fsp3) is 0.231. The lowest BCUT2D eigenvalue weighted by Crippen LogP contribution is -2.26. The minimum atomic E-state index is -0.124. The standard InChI is InChI=1S/C13H16N4O/c1-9-4-3-5-10(6-9)8-17(2)13(18)11-7-12(14)16-15-11/h3-7H,8H2,1-2H3,(H3,14,15,16). The summed E-state index contributed by atoms with van der Waals surface area (Å²) in [5.41, 5.74) is 8.16. The number of carbonyl (C=O) groups is 1. The van der Waals surface area contributed by atoms with Crippen LogP contribution < -0.4 is 5.73 Å².